The van der Waals surface area contributed by atoms with Gasteiger partial charge in [-0.15, -0.1) is 0 Å². The van der Waals surface area contributed by atoms with Gasteiger partial charge in [0.05, 0.1) is 22.6 Å². The molecule has 0 fully saturated rings. The van der Waals surface area contributed by atoms with Gasteiger partial charge in [0.25, 0.3) is 15.7 Å². The molecule has 1 unspecified atom stereocenters. The minimum Gasteiger partial charge on any atom is -0.495 e. The number of methoxy groups -OCH3 is 1. The molecule has 11 nitrogen and oxygen atoms in total. The van der Waals surface area contributed by atoms with Crippen LogP contribution in [0.2, 0.25) is 5.02 Å². The predicted octanol–water partition coefficient (Wildman–Crippen LogP) is 4.84. The lowest BCUT2D eigenvalue weighted by atomic mass is 10.1. The number of rotatable bonds is 13. The van der Waals surface area contributed by atoms with E-state index in [1.165, 1.54) is 80.5 Å². The lowest BCUT2D eigenvalue weighted by Gasteiger charge is -2.32. The maximum atomic E-state index is 14.1. The van der Waals surface area contributed by atoms with Gasteiger partial charge >= 0.3 is 0 Å². The molecule has 0 aliphatic rings. The van der Waals surface area contributed by atoms with E-state index in [-0.39, 0.29) is 28.6 Å². The number of benzene rings is 3. The number of hydrogen-bond donors (Lipinski definition) is 1. The number of amides is 2. The minimum absolute atomic E-state index is 0.0567. The summed E-state index contributed by atoms with van der Waals surface area (Å²) in [6.45, 7) is 4.21. The Bertz CT molecular complexity index is 1600. The van der Waals surface area contributed by atoms with E-state index >= 15 is 0 Å². The zero-order chi connectivity index (χ0) is 31.9. The second-order valence-corrected chi connectivity index (χ2v) is 11.9. The largest absolute Gasteiger partial charge is 0.495 e. The number of aryl methyl sites for hydroxylation is 1. The third-order valence-electron chi connectivity index (χ3n) is 6.64. The van der Waals surface area contributed by atoms with Crippen LogP contribution in [-0.2, 0) is 26.2 Å². The van der Waals surface area contributed by atoms with E-state index in [2.05, 4.69) is 5.32 Å². The molecule has 1 N–H and O–H groups in total. The summed E-state index contributed by atoms with van der Waals surface area (Å²) in [5.74, 6) is -1.69. The quantitative estimate of drug-likeness (QED) is 0.210. The van der Waals surface area contributed by atoms with Crippen LogP contribution in [0.15, 0.2) is 65.6 Å². The van der Waals surface area contributed by atoms with Crippen molar-refractivity contribution in [3.63, 3.8) is 0 Å². The van der Waals surface area contributed by atoms with Gasteiger partial charge in [-0.3, -0.25) is 24.0 Å². The Hall–Kier alpha value is -4.23. The summed E-state index contributed by atoms with van der Waals surface area (Å²) in [4.78, 5) is 38.6. The average Bonchev–Trinajstić information content (AvgIpc) is 2.97. The standard InChI is InChI=1S/C29H32ClFN4O7S/c1-5-14-32-29(37)20(3)33(17-21-7-10-23(31)11-8-21)28(36)18-34(26-15-22(30)9-13-27(26)42-4)43(40,41)24-12-6-19(2)25(16-24)35(38)39/h6-13,15-16,20H,5,14,17-18H2,1-4H3,(H,32,37). The number of nitro benzene ring substituents is 1. The molecule has 0 saturated heterocycles. The fourth-order valence-electron chi connectivity index (χ4n) is 4.21. The summed E-state index contributed by atoms with van der Waals surface area (Å²) in [5.41, 5.74) is 0.207. The van der Waals surface area contributed by atoms with Crippen LogP contribution >= 0.6 is 11.6 Å². The first-order chi connectivity index (χ1) is 20.3. The molecule has 2 amide bonds. The van der Waals surface area contributed by atoms with Gasteiger partial charge in [0, 0.05) is 29.7 Å². The fraction of sp³-hybridized carbons (Fsp3) is 0.310. The van der Waals surface area contributed by atoms with E-state index in [1.54, 1.807) is 0 Å². The Kier molecular flexibility index (Phi) is 11.1. The van der Waals surface area contributed by atoms with E-state index < -0.39 is 55.7 Å². The van der Waals surface area contributed by atoms with Gasteiger partial charge in [0.2, 0.25) is 11.8 Å². The Morgan fingerprint density at radius 1 is 1.12 bits per heavy atom. The van der Waals surface area contributed by atoms with Crippen LogP contribution in [0.25, 0.3) is 0 Å². The second-order valence-electron chi connectivity index (χ2n) is 9.65. The van der Waals surface area contributed by atoms with Gasteiger partial charge in [-0.25, -0.2) is 12.8 Å². The number of carbonyl (C=O) groups excluding carboxylic acids is 2. The number of nitrogens with one attached hydrogen (secondary N) is 1. The van der Waals surface area contributed by atoms with Crippen molar-refractivity contribution in [2.45, 2.75) is 44.7 Å². The number of nitrogens with zero attached hydrogens (tertiary/aromatic N) is 3. The number of anilines is 1. The summed E-state index contributed by atoms with van der Waals surface area (Å²) < 4.78 is 47.9. The minimum atomic E-state index is -4.65. The van der Waals surface area contributed by atoms with Crippen LogP contribution in [0.5, 0.6) is 5.75 Å². The van der Waals surface area contributed by atoms with Crippen molar-refractivity contribution in [3.8, 4) is 5.75 Å². The maximum absolute atomic E-state index is 14.1. The van der Waals surface area contributed by atoms with Gasteiger partial charge in [0.1, 0.15) is 24.2 Å². The number of carbonyl (C=O) groups is 2. The normalized spacial score (nSPS) is 11.9. The topological polar surface area (TPSA) is 139 Å². The third-order valence-corrected chi connectivity index (χ3v) is 8.63. The van der Waals surface area contributed by atoms with Crippen molar-refractivity contribution in [2.75, 3.05) is 24.5 Å². The lowest BCUT2D eigenvalue weighted by Crippen LogP contribution is -2.51. The summed E-state index contributed by atoms with van der Waals surface area (Å²) in [7, 11) is -3.35. The number of sulfonamides is 1. The molecule has 0 saturated carbocycles. The molecule has 1 atom stereocenters. The smallest absolute Gasteiger partial charge is 0.273 e. The molecule has 3 aromatic carbocycles. The van der Waals surface area contributed by atoms with Gasteiger partial charge in [0.15, 0.2) is 0 Å². The van der Waals surface area contributed by atoms with Crippen molar-refractivity contribution in [1.29, 1.82) is 0 Å². The highest BCUT2D eigenvalue weighted by molar-refractivity contribution is 7.92. The van der Waals surface area contributed by atoms with E-state index in [0.29, 0.717) is 18.5 Å². The Balaban J connectivity index is 2.15. The van der Waals surface area contributed by atoms with Crippen molar-refractivity contribution >= 4 is 44.8 Å². The molecule has 3 rings (SSSR count). The van der Waals surface area contributed by atoms with Gasteiger partial charge in [-0.05, 0) is 62.2 Å². The van der Waals surface area contributed by atoms with Gasteiger partial charge in [-0.2, -0.15) is 0 Å². The monoisotopic (exact) mass is 634 g/mol. The summed E-state index contributed by atoms with van der Waals surface area (Å²) in [6, 6.07) is 11.8. The highest BCUT2D eigenvalue weighted by atomic mass is 35.5. The number of nitro groups is 1. The van der Waals surface area contributed by atoms with E-state index in [0.717, 1.165) is 10.4 Å². The molecular weight excluding hydrogens is 603 g/mol. The molecule has 3 aromatic rings. The zero-order valence-electron chi connectivity index (χ0n) is 24.0. The Morgan fingerprint density at radius 3 is 2.40 bits per heavy atom. The van der Waals surface area contributed by atoms with Crippen molar-refractivity contribution < 1.29 is 32.1 Å². The highest BCUT2D eigenvalue weighted by Crippen LogP contribution is 2.36. The molecule has 14 heteroatoms. The van der Waals surface area contributed by atoms with Crippen LogP contribution in [0, 0.1) is 22.9 Å². The first kappa shape index (κ1) is 33.3. The summed E-state index contributed by atoms with van der Waals surface area (Å²) in [5, 5.41) is 14.5. The first-order valence-electron chi connectivity index (χ1n) is 13.2. The van der Waals surface area contributed by atoms with Crippen LogP contribution in [-0.4, -0.2) is 56.3 Å². The first-order valence-corrected chi connectivity index (χ1v) is 15.0. The van der Waals surface area contributed by atoms with Crippen LogP contribution < -0.4 is 14.4 Å². The molecule has 230 valence electrons. The van der Waals surface area contributed by atoms with E-state index in [4.69, 9.17) is 16.3 Å². The number of halogens is 2. The predicted molar refractivity (Wildman–Crippen MR) is 160 cm³/mol. The zero-order valence-corrected chi connectivity index (χ0v) is 25.6. The lowest BCUT2D eigenvalue weighted by molar-refractivity contribution is -0.385. The number of hydrogen-bond acceptors (Lipinski definition) is 7. The van der Waals surface area contributed by atoms with Gasteiger partial charge in [-0.1, -0.05) is 36.7 Å². The Morgan fingerprint density at radius 2 is 1.79 bits per heavy atom. The maximum Gasteiger partial charge on any atom is 0.273 e. The van der Waals surface area contributed by atoms with E-state index in [1.807, 2.05) is 6.92 Å². The molecule has 43 heavy (non-hydrogen) atoms. The molecule has 0 heterocycles. The average molecular weight is 635 g/mol. The molecule has 0 aliphatic heterocycles. The molecule has 0 radical (unpaired) electrons. The fourth-order valence-corrected chi connectivity index (χ4v) is 5.81. The molecular formula is C29H32ClFN4O7S. The Labute approximate surface area is 254 Å². The number of ether oxygens (including phenoxy) is 1. The van der Waals surface area contributed by atoms with Crippen molar-refractivity contribution in [3.05, 3.63) is 92.7 Å². The SMILES string of the molecule is CCCNC(=O)C(C)N(Cc1ccc(F)cc1)C(=O)CN(c1cc(Cl)ccc1OC)S(=O)(=O)c1ccc(C)c([N+](=O)[O-])c1. The van der Waals surface area contributed by atoms with Gasteiger partial charge < -0.3 is 15.0 Å². The van der Waals surface area contributed by atoms with Crippen molar-refractivity contribution in [1.82, 2.24) is 10.2 Å². The third kappa shape index (κ3) is 7.99. The summed E-state index contributed by atoms with van der Waals surface area (Å²) in [6.07, 6.45) is 0.646. The van der Waals surface area contributed by atoms with Crippen LogP contribution in [0.4, 0.5) is 15.8 Å². The second kappa shape index (κ2) is 14.3. The van der Waals surface area contributed by atoms with Crippen LogP contribution in [0.3, 0.4) is 0 Å². The summed E-state index contributed by atoms with van der Waals surface area (Å²) >= 11 is 6.22. The molecule has 0 bridgehead atoms. The molecule has 0 aromatic heterocycles. The van der Waals surface area contributed by atoms with E-state index in [9.17, 15) is 32.5 Å². The van der Waals surface area contributed by atoms with Crippen LogP contribution in [0.1, 0.15) is 31.4 Å². The molecule has 0 aliphatic carbocycles. The van der Waals surface area contributed by atoms with Crippen molar-refractivity contribution in [2.24, 2.45) is 0 Å². The highest BCUT2D eigenvalue weighted by Gasteiger charge is 2.35. The molecule has 0 spiro atoms.